The van der Waals surface area contributed by atoms with Crippen LogP contribution < -0.4 is 0 Å². The molecule has 0 aromatic rings. The first-order valence-corrected chi connectivity index (χ1v) is 3.88. The van der Waals surface area contributed by atoms with Gasteiger partial charge in [-0.1, -0.05) is 0 Å². The molecule has 0 radical (unpaired) electrons. The van der Waals surface area contributed by atoms with Crippen molar-refractivity contribution in [1.82, 2.24) is 0 Å². The lowest BCUT2D eigenvalue weighted by atomic mass is 10.3. The standard InChI is InChI=1S/C5H8O3S/c1-3-4-5(2)9(6,7)8/h1,5H,4H2,2H3,(H,6,7,8). The third-order valence-electron chi connectivity index (χ3n) is 0.914. The Morgan fingerprint density at radius 3 is 2.33 bits per heavy atom. The van der Waals surface area contributed by atoms with E-state index in [2.05, 4.69) is 5.92 Å². The molecule has 0 aliphatic heterocycles. The van der Waals surface area contributed by atoms with Gasteiger partial charge in [0.05, 0.1) is 5.25 Å². The monoisotopic (exact) mass is 148 g/mol. The fourth-order valence-corrected chi connectivity index (χ4v) is 0.578. The van der Waals surface area contributed by atoms with Crippen molar-refractivity contribution in [3.05, 3.63) is 0 Å². The molecule has 0 bridgehead atoms. The summed E-state index contributed by atoms with van der Waals surface area (Å²) in [5, 5.41) is -0.845. The van der Waals surface area contributed by atoms with Crippen LogP contribution in [0.4, 0.5) is 0 Å². The minimum absolute atomic E-state index is 0.0544. The third-order valence-corrected chi connectivity index (χ3v) is 2.10. The number of rotatable bonds is 2. The molecule has 0 amide bonds. The second kappa shape index (κ2) is 2.85. The van der Waals surface area contributed by atoms with Crippen molar-refractivity contribution < 1.29 is 13.0 Å². The second-order valence-corrected chi connectivity index (χ2v) is 3.57. The minimum atomic E-state index is -3.91. The van der Waals surface area contributed by atoms with Crippen LogP contribution >= 0.6 is 0 Å². The molecule has 0 spiro atoms. The Balaban J connectivity index is 4.10. The van der Waals surface area contributed by atoms with E-state index in [4.69, 9.17) is 11.0 Å². The van der Waals surface area contributed by atoms with Gasteiger partial charge in [-0.25, -0.2) is 0 Å². The highest BCUT2D eigenvalue weighted by molar-refractivity contribution is 7.86. The van der Waals surface area contributed by atoms with Crippen LogP contribution in [0, 0.1) is 12.3 Å². The van der Waals surface area contributed by atoms with Gasteiger partial charge in [0.25, 0.3) is 10.1 Å². The van der Waals surface area contributed by atoms with Crippen LogP contribution in [0.2, 0.25) is 0 Å². The van der Waals surface area contributed by atoms with Crippen molar-refractivity contribution in [2.24, 2.45) is 0 Å². The van der Waals surface area contributed by atoms with Crippen molar-refractivity contribution in [3.8, 4) is 12.3 Å². The van der Waals surface area contributed by atoms with Crippen LogP contribution in [-0.2, 0) is 10.1 Å². The first-order chi connectivity index (χ1) is 3.98. The highest BCUT2D eigenvalue weighted by Gasteiger charge is 2.14. The van der Waals surface area contributed by atoms with Crippen LogP contribution in [0.3, 0.4) is 0 Å². The Morgan fingerprint density at radius 2 is 2.22 bits per heavy atom. The quantitative estimate of drug-likeness (QED) is 0.452. The van der Waals surface area contributed by atoms with Crippen LogP contribution in [0.25, 0.3) is 0 Å². The van der Waals surface area contributed by atoms with Crippen LogP contribution in [-0.4, -0.2) is 18.2 Å². The third kappa shape index (κ3) is 3.12. The Morgan fingerprint density at radius 1 is 1.78 bits per heavy atom. The molecule has 3 nitrogen and oxygen atoms in total. The van der Waals surface area contributed by atoms with Gasteiger partial charge in [-0.05, 0) is 6.92 Å². The Kier molecular flexibility index (Phi) is 2.68. The summed E-state index contributed by atoms with van der Waals surface area (Å²) in [7, 11) is -3.91. The summed E-state index contributed by atoms with van der Waals surface area (Å²) < 4.78 is 28.7. The normalized spacial score (nSPS) is 14.3. The molecule has 0 saturated heterocycles. The maximum absolute atomic E-state index is 10.2. The summed E-state index contributed by atoms with van der Waals surface area (Å²) in [6.07, 6.45) is 4.85. The zero-order valence-corrected chi connectivity index (χ0v) is 5.85. The Labute approximate surface area is 54.8 Å². The van der Waals surface area contributed by atoms with E-state index in [1.54, 1.807) is 0 Å². The van der Waals surface area contributed by atoms with E-state index in [0.717, 1.165) is 0 Å². The van der Waals surface area contributed by atoms with Crippen molar-refractivity contribution >= 4 is 10.1 Å². The molecule has 1 N–H and O–H groups in total. The fraction of sp³-hybridized carbons (Fsp3) is 0.600. The van der Waals surface area contributed by atoms with E-state index in [-0.39, 0.29) is 6.42 Å². The number of hydrogen-bond donors (Lipinski definition) is 1. The van der Waals surface area contributed by atoms with Gasteiger partial charge in [0.15, 0.2) is 0 Å². The molecular weight excluding hydrogens is 140 g/mol. The highest BCUT2D eigenvalue weighted by Crippen LogP contribution is 2.00. The van der Waals surface area contributed by atoms with Crippen molar-refractivity contribution in [2.75, 3.05) is 0 Å². The van der Waals surface area contributed by atoms with Gasteiger partial charge in [-0.15, -0.1) is 12.3 Å². The molecule has 0 aromatic heterocycles. The molecule has 0 aliphatic carbocycles. The van der Waals surface area contributed by atoms with Crippen LogP contribution in [0.1, 0.15) is 13.3 Å². The Hall–Kier alpha value is -0.530. The molecule has 4 heteroatoms. The lowest BCUT2D eigenvalue weighted by molar-refractivity contribution is 0.471. The van der Waals surface area contributed by atoms with E-state index in [0.29, 0.717) is 0 Å². The molecule has 9 heavy (non-hydrogen) atoms. The molecule has 1 unspecified atom stereocenters. The summed E-state index contributed by atoms with van der Waals surface area (Å²) in [5.41, 5.74) is 0. The maximum Gasteiger partial charge on any atom is 0.268 e. The van der Waals surface area contributed by atoms with Gasteiger partial charge in [0, 0.05) is 6.42 Å². The highest BCUT2D eigenvalue weighted by atomic mass is 32.2. The molecule has 0 aliphatic rings. The van der Waals surface area contributed by atoms with Crippen molar-refractivity contribution in [1.29, 1.82) is 0 Å². The average Bonchev–Trinajstić information content (AvgIpc) is 1.64. The maximum atomic E-state index is 10.2. The average molecular weight is 148 g/mol. The van der Waals surface area contributed by atoms with Gasteiger partial charge >= 0.3 is 0 Å². The fourth-order valence-electron chi connectivity index (χ4n) is 0.271. The largest absolute Gasteiger partial charge is 0.285 e. The lowest BCUT2D eigenvalue weighted by Gasteiger charge is -2.00. The molecular formula is C5H8O3S. The molecule has 0 aromatic carbocycles. The van der Waals surface area contributed by atoms with Gasteiger partial charge in [-0.3, -0.25) is 4.55 Å². The molecule has 0 fully saturated rings. The van der Waals surface area contributed by atoms with Gasteiger partial charge in [-0.2, -0.15) is 8.42 Å². The first kappa shape index (κ1) is 8.47. The summed E-state index contributed by atoms with van der Waals surface area (Å²) in [5.74, 6) is 2.13. The smallest absolute Gasteiger partial charge is 0.268 e. The van der Waals surface area contributed by atoms with E-state index in [9.17, 15) is 8.42 Å². The number of terminal acetylenes is 1. The summed E-state index contributed by atoms with van der Waals surface area (Å²) >= 11 is 0. The molecule has 1 atom stereocenters. The van der Waals surface area contributed by atoms with E-state index in [1.165, 1.54) is 6.92 Å². The molecule has 0 heterocycles. The summed E-state index contributed by atoms with van der Waals surface area (Å²) in [6.45, 7) is 1.36. The van der Waals surface area contributed by atoms with Gasteiger partial charge in [0.2, 0.25) is 0 Å². The summed E-state index contributed by atoms with van der Waals surface area (Å²) in [6, 6.07) is 0. The zero-order chi connectivity index (χ0) is 7.49. The molecule has 0 rings (SSSR count). The van der Waals surface area contributed by atoms with Crippen molar-refractivity contribution in [3.63, 3.8) is 0 Å². The van der Waals surface area contributed by atoms with Gasteiger partial charge in [0.1, 0.15) is 0 Å². The number of hydrogen-bond acceptors (Lipinski definition) is 2. The molecule has 0 saturated carbocycles. The van der Waals surface area contributed by atoms with E-state index >= 15 is 0 Å². The SMILES string of the molecule is C#CCC(C)S(=O)(=O)O. The van der Waals surface area contributed by atoms with Gasteiger partial charge < -0.3 is 0 Å². The second-order valence-electron chi connectivity index (χ2n) is 1.73. The summed E-state index contributed by atoms with van der Waals surface area (Å²) in [4.78, 5) is 0. The minimum Gasteiger partial charge on any atom is -0.285 e. The van der Waals surface area contributed by atoms with Crippen LogP contribution in [0.5, 0.6) is 0 Å². The van der Waals surface area contributed by atoms with E-state index < -0.39 is 15.4 Å². The van der Waals surface area contributed by atoms with E-state index in [1.807, 2.05) is 0 Å². The first-order valence-electron chi connectivity index (χ1n) is 2.38. The lowest BCUT2D eigenvalue weighted by Crippen LogP contribution is -2.15. The Bertz CT molecular complexity index is 209. The zero-order valence-electron chi connectivity index (χ0n) is 5.03. The topological polar surface area (TPSA) is 54.4 Å². The predicted octanol–water partition coefficient (Wildman–Crippen LogP) is 0.286. The molecule has 52 valence electrons. The van der Waals surface area contributed by atoms with Crippen molar-refractivity contribution in [2.45, 2.75) is 18.6 Å². The predicted molar refractivity (Wildman–Crippen MR) is 34.5 cm³/mol. The van der Waals surface area contributed by atoms with Crippen LogP contribution in [0.15, 0.2) is 0 Å².